The molecule has 1 N–H and O–H groups in total. The predicted molar refractivity (Wildman–Crippen MR) is 111 cm³/mol. The lowest BCUT2D eigenvalue weighted by molar-refractivity contribution is -0.145. The lowest BCUT2D eigenvalue weighted by atomic mass is 10.1. The van der Waals surface area contributed by atoms with E-state index in [1.165, 1.54) is 22.9 Å². The van der Waals surface area contributed by atoms with Crippen LogP contribution < -0.4 is 10.1 Å². The highest BCUT2D eigenvalue weighted by molar-refractivity contribution is 8.00. The zero-order valence-corrected chi connectivity index (χ0v) is 18.2. The van der Waals surface area contributed by atoms with Crippen LogP contribution in [-0.2, 0) is 19.1 Å². The van der Waals surface area contributed by atoms with Gasteiger partial charge in [-0.2, -0.15) is 0 Å². The minimum Gasteiger partial charge on any atom is -0.484 e. The highest BCUT2D eigenvalue weighted by Crippen LogP contribution is 2.40. The highest BCUT2D eigenvalue weighted by atomic mass is 35.6. The number of nitrogens with one attached hydrogen (secondary N) is 1. The van der Waals surface area contributed by atoms with Gasteiger partial charge in [-0.1, -0.05) is 53.0 Å². The van der Waals surface area contributed by atoms with Crippen LogP contribution in [0.2, 0.25) is 0 Å². The van der Waals surface area contributed by atoms with Crippen molar-refractivity contribution >= 4 is 64.3 Å². The fourth-order valence-corrected chi connectivity index (χ4v) is 4.29. The SMILES string of the molecule is CC1S[C@@H]2C(NC(=O)COc3ccccc3)C(=O)N2C=C1C(=O)OCC(Cl)(Cl)Cl. The van der Waals surface area contributed by atoms with E-state index in [0.29, 0.717) is 5.75 Å². The van der Waals surface area contributed by atoms with Crippen molar-refractivity contribution in [3.05, 3.63) is 42.1 Å². The molecule has 0 bridgehead atoms. The van der Waals surface area contributed by atoms with Gasteiger partial charge in [0.2, 0.25) is 3.79 Å². The van der Waals surface area contributed by atoms with Gasteiger partial charge in [0.05, 0.1) is 5.57 Å². The molecule has 1 saturated heterocycles. The number of fused-ring (bicyclic) bond motifs is 1. The molecule has 0 saturated carbocycles. The van der Waals surface area contributed by atoms with Crippen molar-refractivity contribution in [3.8, 4) is 5.75 Å². The summed E-state index contributed by atoms with van der Waals surface area (Å²) in [7, 11) is 0. The van der Waals surface area contributed by atoms with Crippen LogP contribution in [0.5, 0.6) is 5.75 Å². The maximum absolute atomic E-state index is 12.4. The van der Waals surface area contributed by atoms with Crippen LogP contribution >= 0.6 is 46.6 Å². The maximum atomic E-state index is 12.4. The quantitative estimate of drug-likeness (QED) is 0.384. The van der Waals surface area contributed by atoms with Crippen LogP contribution in [0.3, 0.4) is 0 Å². The molecule has 2 aliphatic rings. The number of carbonyl (C=O) groups excluding carboxylic acids is 3. The number of β-lactam (4-membered cyclic amide) rings is 1. The molecule has 1 aromatic carbocycles. The largest absolute Gasteiger partial charge is 0.484 e. The second-order valence-corrected chi connectivity index (χ2v) is 10.3. The maximum Gasteiger partial charge on any atom is 0.336 e. The Balaban J connectivity index is 1.55. The molecule has 3 rings (SSSR count). The van der Waals surface area contributed by atoms with E-state index in [-0.39, 0.29) is 28.7 Å². The molecule has 2 heterocycles. The number of hydrogen-bond acceptors (Lipinski definition) is 6. The molecule has 2 amide bonds. The molecule has 1 fully saturated rings. The van der Waals surface area contributed by atoms with E-state index < -0.39 is 28.3 Å². The number of ether oxygens (including phenoxy) is 2. The summed E-state index contributed by atoms with van der Waals surface area (Å²) >= 11 is 18.1. The Bertz CT molecular complexity index is 831. The van der Waals surface area contributed by atoms with Crippen LogP contribution in [0.1, 0.15) is 6.92 Å². The summed E-state index contributed by atoms with van der Waals surface area (Å²) in [4.78, 5) is 38.1. The van der Waals surface area contributed by atoms with Crippen molar-refractivity contribution in [3.63, 3.8) is 0 Å². The first kappa shape index (κ1) is 22.1. The molecule has 0 aromatic heterocycles. The fourth-order valence-electron chi connectivity index (χ4n) is 2.77. The molecule has 7 nitrogen and oxygen atoms in total. The highest BCUT2D eigenvalue weighted by Gasteiger charge is 2.51. The summed E-state index contributed by atoms with van der Waals surface area (Å²) in [5.41, 5.74) is 0.283. The molecule has 156 valence electrons. The number of benzene rings is 1. The zero-order valence-electron chi connectivity index (χ0n) is 15.1. The molecule has 3 atom stereocenters. The Hall–Kier alpha value is -1.61. The smallest absolute Gasteiger partial charge is 0.336 e. The Morgan fingerprint density at radius 3 is 2.59 bits per heavy atom. The van der Waals surface area contributed by atoms with E-state index in [1.807, 2.05) is 6.07 Å². The summed E-state index contributed by atoms with van der Waals surface area (Å²) in [5, 5.41) is 2.08. The topological polar surface area (TPSA) is 84.9 Å². The molecule has 0 radical (unpaired) electrons. The van der Waals surface area contributed by atoms with Gasteiger partial charge in [-0.15, -0.1) is 11.8 Å². The number of nitrogens with zero attached hydrogens (tertiary/aromatic N) is 1. The first-order valence-electron chi connectivity index (χ1n) is 8.56. The normalized spacial score (nSPS) is 23.4. The number of thioether (sulfide) groups is 1. The van der Waals surface area contributed by atoms with Gasteiger partial charge in [0.25, 0.3) is 11.8 Å². The third-order valence-electron chi connectivity index (χ3n) is 4.17. The van der Waals surface area contributed by atoms with Crippen molar-refractivity contribution in [1.82, 2.24) is 10.2 Å². The number of hydrogen-bond donors (Lipinski definition) is 1. The van der Waals surface area contributed by atoms with Gasteiger partial charge in [-0.05, 0) is 19.1 Å². The zero-order chi connectivity index (χ0) is 21.2. The number of amides is 2. The Kier molecular flexibility index (Phi) is 6.88. The van der Waals surface area contributed by atoms with E-state index in [4.69, 9.17) is 44.3 Å². The number of halogens is 3. The van der Waals surface area contributed by atoms with Gasteiger partial charge >= 0.3 is 5.97 Å². The van der Waals surface area contributed by atoms with Crippen molar-refractivity contribution in [2.75, 3.05) is 13.2 Å². The molecule has 0 spiro atoms. The molecular formula is C18H17Cl3N2O5S. The lowest BCUT2D eigenvalue weighted by Gasteiger charge is -2.48. The summed E-state index contributed by atoms with van der Waals surface area (Å²) in [5.74, 6) is -0.830. The Labute approximate surface area is 186 Å². The number of para-hydroxylation sites is 1. The van der Waals surface area contributed by atoms with E-state index in [2.05, 4.69) is 5.32 Å². The molecular weight excluding hydrogens is 463 g/mol. The van der Waals surface area contributed by atoms with Gasteiger partial charge in [-0.3, -0.25) is 9.59 Å². The molecule has 2 unspecified atom stereocenters. The van der Waals surface area contributed by atoms with Crippen LogP contribution in [0.25, 0.3) is 0 Å². The predicted octanol–water partition coefficient (Wildman–Crippen LogP) is 2.65. The van der Waals surface area contributed by atoms with E-state index in [1.54, 1.807) is 31.2 Å². The molecule has 29 heavy (non-hydrogen) atoms. The average Bonchev–Trinajstić information content (AvgIpc) is 2.68. The van der Waals surface area contributed by atoms with Crippen molar-refractivity contribution in [1.29, 1.82) is 0 Å². The van der Waals surface area contributed by atoms with Gasteiger partial charge in [0.1, 0.15) is 23.8 Å². The van der Waals surface area contributed by atoms with Crippen LogP contribution in [0, 0.1) is 0 Å². The summed E-state index contributed by atoms with van der Waals surface area (Å²) in [6, 6.07) is 8.20. The molecule has 0 aliphatic carbocycles. The number of alkyl halides is 3. The van der Waals surface area contributed by atoms with Gasteiger partial charge in [0.15, 0.2) is 6.61 Å². The molecule has 1 aromatic rings. The summed E-state index contributed by atoms with van der Waals surface area (Å²) in [6.07, 6.45) is 1.43. The number of rotatable bonds is 6. The summed E-state index contributed by atoms with van der Waals surface area (Å²) in [6.45, 7) is 1.19. The Morgan fingerprint density at radius 2 is 1.93 bits per heavy atom. The summed E-state index contributed by atoms with van der Waals surface area (Å²) < 4.78 is 8.65. The van der Waals surface area contributed by atoms with Crippen molar-refractivity contribution in [2.24, 2.45) is 0 Å². The van der Waals surface area contributed by atoms with Crippen LogP contribution in [0.4, 0.5) is 0 Å². The first-order chi connectivity index (χ1) is 13.7. The first-order valence-corrected chi connectivity index (χ1v) is 10.6. The fraction of sp³-hybridized carbons (Fsp3) is 0.389. The van der Waals surface area contributed by atoms with E-state index >= 15 is 0 Å². The molecule has 2 aliphatic heterocycles. The van der Waals surface area contributed by atoms with Gasteiger partial charge in [0, 0.05) is 11.4 Å². The Morgan fingerprint density at radius 1 is 1.24 bits per heavy atom. The third-order valence-corrected chi connectivity index (χ3v) is 5.94. The van der Waals surface area contributed by atoms with Gasteiger partial charge in [-0.25, -0.2) is 4.79 Å². The van der Waals surface area contributed by atoms with E-state index in [0.717, 1.165) is 0 Å². The van der Waals surface area contributed by atoms with Crippen LogP contribution in [-0.4, -0.2) is 56.4 Å². The number of esters is 1. The second-order valence-electron chi connectivity index (χ2n) is 6.34. The van der Waals surface area contributed by atoms with E-state index in [9.17, 15) is 14.4 Å². The minimum atomic E-state index is -1.71. The van der Waals surface area contributed by atoms with Crippen molar-refractivity contribution < 1.29 is 23.9 Å². The average molecular weight is 480 g/mol. The van der Waals surface area contributed by atoms with Gasteiger partial charge < -0.3 is 19.7 Å². The third kappa shape index (κ3) is 5.51. The standard InChI is InChI=1S/C18H17Cl3N2O5S/c1-10-12(17(26)28-9-18(19,20)21)7-23-15(25)14(16(23)29-10)22-13(24)8-27-11-5-3-2-4-6-11/h2-7,10,14,16H,8-9H2,1H3,(H,22,24)/t10?,14?,16-/m1/s1. The van der Waals surface area contributed by atoms with Crippen LogP contribution in [0.15, 0.2) is 42.1 Å². The minimum absolute atomic E-state index is 0.203. The molecule has 11 heteroatoms. The monoisotopic (exact) mass is 478 g/mol. The number of carbonyl (C=O) groups is 3. The lowest BCUT2D eigenvalue weighted by Crippen LogP contribution is -2.69. The van der Waals surface area contributed by atoms with Crippen molar-refractivity contribution in [2.45, 2.75) is 27.4 Å². The second kappa shape index (κ2) is 9.04.